The Morgan fingerprint density at radius 3 is 2.65 bits per heavy atom. The SMILES string of the molecule is N#CC[C@H](CO)Cc1cccc2ccccc12. The van der Waals surface area contributed by atoms with Crippen molar-refractivity contribution in [2.45, 2.75) is 12.8 Å². The van der Waals surface area contributed by atoms with Crippen LogP contribution in [0.25, 0.3) is 10.8 Å². The predicted molar refractivity (Wildman–Crippen MR) is 68.5 cm³/mol. The molecule has 0 unspecified atom stereocenters. The topological polar surface area (TPSA) is 44.0 Å². The maximum atomic E-state index is 9.24. The normalized spacial score (nSPS) is 12.2. The molecule has 2 heteroatoms. The average Bonchev–Trinajstić information content (AvgIpc) is 2.38. The molecule has 1 N–H and O–H groups in total. The first-order valence-electron chi connectivity index (χ1n) is 5.79. The second kappa shape index (κ2) is 5.47. The fraction of sp³-hybridized carbons (Fsp3) is 0.267. The minimum absolute atomic E-state index is 0.0332. The van der Waals surface area contributed by atoms with E-state index in [2.05, 4.69) is 30.3 Å². The monoisotopic (exact) mass is 225 g/mol. The third-order valence-electron chi connectivity index (χ3n) is 3.03. The summed E-state index contributed by atoms with van der Waals surface area (Å²) in [5.41, 5.74) is 1.21. The maximum absolute atomic E-state index is 9.24. The molecule has 2 aromatic rings. The number of aliphatic hydroxyl groups is 1. The van der Waals surface area contributed by atoms with E-state index in [1.807, 2.05) is 18.2 Å². The Kier molecular flexibility index (Phi) is 3.74. The van der Waals surface area contributed by atoms with Gasteiger partial charge < -0.3 is 5.11 Å². The molecule has 2 nitrogen and oxygen atoms in total. The highest BCUT2D eigenvalue weighted by Crippen LogP contribution is 2.22. The Morgan fingerprint density at radius 2 is 1.88 bits per heavy atom. The van der Waals surface area contributed by atoms with Crippen LogP contribution >= 0.6 is 0 Å². The van der Waals surface area contributed by atoms with Gasteiger partial charge >= 0.3 is 0 Å². The molecule has 0 spiro atoms. The molecule has 0 aliphatic heterocycles. The number of benzene rings is 2. The van der Waals surface area contributed by atoms with Crippen LogP contribution in [0, 0.1) is 17.2 Å². The lowest BCUT2D eigenvalue weighted by molar-refractivity contribution is 0.228. The van der Waals surface area contributed by atoms with E-state index in [-0.39, 0.29) is 12.5 Å². The summed E-state index contributed by atoms with van der Waals surface area (Å²) in [6.45, 7) is 0.0663. The summed E-state index contributed by atoms with van der Waals surface area (Å²) in [5, 5.41) is 20.4. The summed E-state index contributed by atoms with van der Waals surface area (Å²) in [6.07, 6.45) is 1.16. The van der Waals surface area contributed by atoms with Crippen molar-refractivity contribution in [2.24, 2.45) is 5.92 Å². The molecule has 0 aliphatic carbocycles. The first-order chi connectivity index (χ1) is 8.35. The molecule has 2 rings (SSSR count). The van der Waals surface area contributed by atoms with Gasteiger partial charge in [-0.05, 0) is 28.7 Å². The maximum Gasteiger partial charge on any atom is 0.0625 e. The molecule has 0 bridgehead atoms. The standard InChI is InChI=1S/C15H15NO/c16-9-8-12(11-17)10-14-6-3-5-13-4-1-2-7-15(13)14/h1-7,12,17H,8,10-11H2/t12-/m0/s1. The number of rotatable bonds is 4. The molecule has 0 radical (unpaired) electrons. The quantitative estimate of drug-likeness (QED) is 0.869. The van der Waals surface area contributed by atoms with Crippen molar-refractivity contribution in [1.29, 1.82) is 5.26 Å². The number of nitriles is 1. The number of hydrogen-bond acceptors (Lipinski definition) is 2. The van der Waals surface area contributed by atoms with E-state index in [0.29, 0.717) is 6.42 Å². The summed E-state index contributed by atoms with van der Waals surface area (Å²) >= 11 is 0. The van der Waals surface area contributed by atoms with Crippen LogP contribution in [0.5, 0.6) is 0 Å². The molecular weight excluding hydrogens is 210 g/mol. The zero-order valence-corrected chi connectivity index (χ0v) is 9.63. The largest absolute Gasteiger partial charge is 0.396 e. The van der Waals surface area contributed by atoms with Crippen molar-refractivity contribution in [2.75, 3.05) is 6.61 Å². The summed E-state index contributed by atoms with van der Waals surface area (Å²) < 4.78 is 0. The van der Waals surface area contributed by atoms with Crippen molar-refractivity contribution in [1.82, 2.24) is 0 Å². The zero-order valence-electron chi connectivity index (χ0n) is 9.63. The number of fused-ring (bicyclic) bond motifs is 1. The minimum atomic E-state index is 0.0332. The van der Waals surface area contributed by atoms with Gasteiger partial charge in [0, 0.05) is 13.0 Å². The van der Waals surface area contributed by atoms with Gasteiger partial charge in [0.05, 0.1) is 6.07 Å². The van der Waals surface area contributed by atoms with Crippen LogP contribution in [0.2, 0.25) is 0 Å². The van der Waals surface area contributed by atoms with E-state index in [1.165, 1.54) is 16.3 Å². The van der Waals surface area contributed by atoms with Gasteiger partial charge in [0.1, 0.15) is 0 Å². The third-order valence-corrected chi connectivity index (χ3v) is 3.03. The molecule has 1 atom stereocenters. The van der Waals surface area contributed by atoms with Crippen molar-refractivity contribution < 1.29 is 5.11 Å². The summed E-state index contributed by atoms with van der Waals surface area (Å²) in [5.74, 6) is 0.0332. The average molecular weight is 225 g/mol. The van der Waals surface area contributed by atoms with E-state index in [0.717, 1.165) is 6.42 Å². The van der Waals surface area contributed by atoms with Crippen molar-refractivity contribution in [3.05, 3.63) is 48.0 Å². The van der Waals surface area contributed by atoms with E-state index >= 15 is 0 Å². The van der Waals surface area contributed by atoms with Gasteiger partial charge in [-0.25, -0.2) is 0 Å². The molecular formula is C15H15NO. The second-order valence-corrected chi connectivity index (χ2v) is 4.25. The zero-order chi connectivity index (χ0) is 12.1. The van der Waals surface area contributed by atoms with Crippen LogP contribution < -0.4 is 0 Å². The smallest absolute Gasteiger partial charge is 0.0625 e. The van der Waals surface area contributed by atoms with Crippen LogP contribution in [0.15, 0.2) is 42.5 Å². The Hall–Kier alpha value is -1.85. The van der Waals surface area contributed by atoms with Gasteiger partial charge in [-0.3, -0.25) is 0 Å². The van der Waals surface area contributed by atoms with E-state index < -0.39 is 0 Å². The Balaban J connectivity index is 2.32. The van der Waals surface area contributed by atoms with Crippen LogP contribution in [-0.4, -0.2) is 11.7 Å². The van der Waals surface area contributed by atoms with Crippen molar-refractivity contribution >= 4 is 10.8 Å². The second-order valence-electron chi connectivity index (χ2n) is 4.25. The van der Waals surface area contributed by atoms with Crippen molar-refractivity contribution in [3.8, 4) is 6.07 Å². The molecule has 0 fully saturated rings. The predicted octanol–water partition coefficient (Wildman–Crippen LogP) is 2.90. The van der Waals surface area contributed by atoms with Crippen LogP contribution in [-0.2, 0) is 6.42 Å². The lowest BCUT2D eigenvalue weighted by Crippen LogP contribution is -2.09. The Morgan fingerprint density at radius 1 is 1.12 bits per heavy atom. The molecule has 0 aromatic heterocycles. The minimum Gasteiger partial charge on any atom is -0.396 e. The molecule has 0 saturated heterocycles. The number of hydrogen-bond donors (Lipinski definition) is 1. The fourth-order valence-electron chi connectivity index (χ4n) is 2.11. The van der Waals surface area contributed by atoms with Crippen LogP contribution in [0.3, 0.4) is 0 Å². The number of nitrogens with zero attached hydrogens (tertiary/aromatic N) is 1. The van der Waals surface area contributed by atoms with E-state index in [9.17, 15) is 5.11 Å². The molecule has 0 heterocycles. The van der Waals surface area contributed by atoms with Crippen molar-refractivity contribution in [3.63, 3.8) is 0 Å². The summed E-state index contributed by atoms with van der Waals surface area (Å²) in [6, 6.07) is 16.5. The van der Waals surface area contributed by atoms with E-state index in [4.69, 9.17) is 5.26 Å². The highest BCUT2D eigenvalue weighted by molar-refractivity contribution is 5.85. The molecule has 2 aromatic carbocycles. The van der Waals surface area contributed by atoms with E-state index in [1.54, 1.807) is 0 Å². The third kappa shape index (κ3) is 2.64. The highest BCUT2D eigenvalue weighted by atomic mass is 16.3. The molecule has 17 heavy (non-hydrogen) atoms. The number of aliphatic hydroxyl groups excluding tert-OH is 1. The van der Waals surface area contributed by atoms with Gasteiger partial charge in [-0.2, -0.15) is 5.26 Å². The summed E-state index contributed by atoms with van der Waals surface area (Å²) in [4.78, 5) is 0. The highest BCUT2D eigenvalue weighted by Gasteiger charge is 2.10. The molecule has 86 valence electrons. The molecule has 0 saturated carbocycles. The molecule has 0 aliphatic rings. The Labute approximate surface area is 101 Å². The van der Waals surface area contributed by atoms with Gasteiger partial charge in [-0.15, -0.1) is 0 Å². The fourth-order valence-corrected chi connectivity index (χ4v) is 2.11. The first-order valence-corrected chi connectivity index (χ1v) is 5.79. The van der Waals surface area contributed by atoms with Crippen LogP contribution in [0.1, 0.15) is 12.0 Å². The summed E-state index contributed by atoms with van der Waals surface area (Å²) in [7, 11) is 0. The lowest BCUT2D eigenvalue weighted by Gasteiger charge is -2.12. The first kappa shape index (κ1) is 11.6. The lowest BCUT2D eigenvalue weighted by atomic mass is 9.94. The van der Waals surface area contributed by atoms with Gasteiger partial charge in [-0.1, -0.05) is 42.5 Å². The molecule has 0 amide bonds. The Bertz CT molecular complexity index is 537. The van der Waals surface area contributed by atoms with Gasteiger partial charge in [0.2, 0.25) is 0 Å². The van der Waals surface area contributed by atoms with Crippen LogP contribution in [0.4, 0.5) is 0 Å². The van der Waals surface area contributed by atoms with Gasteiger partial charge in [0.15, 0.2) is 0 Å². The van der Waals surface area contributed by atoms with Gasteiger partial charge in [0.25, 0.3) is 0 Å².